The first kappa shape index (κ1) is 17.7. The molecule has 26 heavy (non-hydrogen) atoms. The predicted molar refractivity (Wildman–Crippen MR) is 93.9 cm³/mol. The number of hydrogen-bond acceptors (Lipinski definition) is 4. The van der Waals surface area contributed by atoms with Crippen molar-refractivity contribution >= 4 is 28.7 Å². The molecule has 1 aliphatic rings. The van der Waals surface area contributed by atoms with Gasteiger partial charge in [0.2, 0.25) is 11.3 Å². The van der Waals surface area contributed by atoms with E-state index in [0.29, 0.717) is 23.9 Å². The number of pyridine rings is 1. The number of fused-ring (bicyclic) bond motifs is 1. The van der Waals surface area contributed by atoms with Crippen LogP contribution >= 0.6 is 0 Å². The maximum absolute atomic E-state index is 12.4. The van der Waals surface area contributed by atoms with Crippen LogP contribution in [0.15, 0.2) is 35.3 Å². The topological polar surface area (TPSA) is 120 Å². The second kappa shape index (κ2) is 7.38. The van der Waals surface area contributed by atoms with Gasteiger partial charge in [-0.1, -0.05) is 12.1 Å². The molecule has 0 spiro atoms. The van der Waals surface area contributed by atoms with E-state index in [1.807, 2.05) is 0 Å². The summed E-state index contributed by atoms with van der Waals surface area (Å²) in [5, 5.41) is 12.0. The monoisotopic (exact) mass is 357 g/mol. The molecular weight excluding hydrogens is 338 g/mol. The van der Waals surface area contributed by atoms with Gasteiger partial charge in [-0.15, -0.1) is 0 Å². The van der Waals surface area contributed by atoms with Crippen molar-refractivity contribution in [3.05, 3.63) is 46.2 Å². The van der Waals surface area contributed by atoms with E-state index in [1.165, 1.54) is 11.1 Å². The lowest BCUT2D eigenvalue weighted by Crippen LogP contribution is -2.51. The van der Waals surface area contributed by atoms with Gasteiger partial charge >= 0.3 is 5.97 Å². The summed E-state index contributed by atoms with van der Waals surface area (Å²) in [5.74, 6) is -2.19. The number of nitrogens with one attached hydrogen (secondary N) is 2. The van der Waals surface area contributed by atoms with Gasteiger partial charge in [-0.25, -0.2) is 4.79 Å². The molecule has 0 aliphatic carbocycles. The zero-order valence-corrected chi connectivity index (χ0v) is 14.0. The average molecular weight is 357 g/mol. The number of rotatable bonds is 4. The first-order chi connectivity index (χ1) is 12.5. The number of aromatic nitrogens is 1. The Balaban J connectivity index is 1.71. The van der Waals surface area contributed by atoms with Crippen LogP contribution in [0, 0.1) is 0 Å². The van der Waals surface area contributed by atoms with E-state index in [2.05, 4.69) is 10.3 Å². The first-order valence-electron chi connectivity index (χ1n) is 8.40. The number of carbonyl (C=O) groups is 3. The van der Waals surface area contributed by atoms with Crippen molar-refractivity contribution < 1.29 is 19.5 Å². The van der Waals surface area contributed by atoms with Crippen molar-refractivity contribution in [2.75, 3.05) is 13.1 Å². The maximum atomic E-state index is 12.4. The smallest absolute Gasteiger partial charge is 0.326 e. The fourth-order valence-electron chi connectivity index (χ4n) is 3.18. The summed E-state index contributed by atoms with van der Waals surface area (Å²) in [6.45, 7) is -0.00287. The van der Waals surface area contributed by atoms with Gasteiger partial charge in [-0.3, -0.25) is 14.4 Å². The van der Waals surface area contributed by atoms with Crippen molar-refractivity contribution in [2.24, 2.45) is 0 Å². The van der Waals surface area contributed by atoms with E-state index >= 15 is 0 Å². The molecule has 2 heterocycles. The molecule has 1 aromatic carbocycles. The molecule has 1 saturated heterocycles. The molecule has 2 aromatic rings. The highest BCUT2D eigenvalue weighted by atomic mass is 16.4. The van der Waals surface area contributed by atoms with Gasteiger partial charge in [0.25, 0.3) is 5.91 Å². The van der Waals surface area contributed by atoms with Crippen molar-refractivity contribution in [3.63, 3.8) is 0 Å². The van der Waals surface area contributed by atoms with Crippen LogP contribution in [0.25, 0.3) is 10.9 Å². The molecule has 1 atom stereocenters. The minimum atomic E-state index is -1.05. The Bertz CT molecular complexity index is 920. The Kier molecular flexibility index (Phi) is 5.01. The lowest BCUT2D eigenvalue weighted by molar-refractivity contribution is -0.151. The quantitative estimate of drug-likeness (QED) is 0.745. The molecule has 0 saturated carbocycles. The highest BCUT2D eigenvalue weighted by Crippen LogP contribution is 2.17. The van der Waals surface area contributed by atoms with E-state index in [0.717, 1.165) is 12.8 Å². The highest BCUT2D eigenvalue weighted by Gasteiger charge is 2.31. The number of carboxylic acids is 1. The number of aliphatic carboxylic acids is 1. The van der Waals surface area contributed by atoms with Crippen LogP contribution in [0.1, 0.15) is 29.6 Å². The van der Waals surface area contributed by atoms with Gasteiger partial charge in [-0.2, -0.15) is 0 Å². The summed E-state index contributed by atoms with van der Waals surface area (Å²) in [6.07, 6.45) is 3.19. The number of benzene rings is 1. The highest BCUT2D eigenvalue weighted by molar-refractivity contribution is 5.99. The van der Waals surface area contributed by atoms with Crippen molar-refractivity contribution in [2.45, 2.75) is 25.3 Å². The fraction of sp³-hybridized carbons (Fsp3) is 0.333. The van der Waals surface area contributed by atoms with E-state index in [1.54, 1.807) is 24.3 Å². The zero-order chi connectivity index (χ0) is 18.7. The molecule has 8 nitrogen and oxygen atoms in total. The number of nitrogens with zero attached hydrogens (tertiary/aromatic N) is 1. The molecule has 8 heteroatoms. The molecule has 1 fully saturated rings. The molecule has 3 N–H and O–H groups in total. The molecule has 1 aliphatic heterocycles. The minimum absolute atomic E-state index is 0.0927. The number of piperidine rings is 1. The Morgan fingerprint density at radius 1 is 1.23 bits per heavy atom. The maximum Gasteiger partial charge on any atom is 0.326 e. The minimum Gasteiger partial charge on any atom is -0.480 e. The van der Waals surface area contributed by atoms with Crippen molar-refractivity contribution in [3.8, 4) is 0 Å². The third-order valence-corrected chi connectivity index (χ3v) is 4.54. The molecule has 136 valence electrons. The normalized spacial score (nSPS) is 17.1. The zero-order valence-electron chi connectivity index (χ0n) is 14.0. The Morgan fingerprint density at radius 2 is 2.00 bits per heavy atom. The van der Waals surface area contributed by atoms with Crippen LogP contribution in [-0.4, -0.2) is 51.9 Å². The van der Waals surface area contributed by atoms with E-state index < -0.39 is 29.3 Å². The summed E-state index contributed by atoms with van der Waals surface area (Å²) in [5.41, 5.74) is 0.0957. The first-order valence-corrected chi connectivity index (χ1v) is 8.40. The number of carboxylic acid groups (broad SMARTS) is 1. The Hall–Kier alpha value is -3.16. The number of carbonyl (C=O) groups excluding carboxylic acids is 2. The number of H-pyrrole nitrogens is 1. The molecule has 0 bridgehead atoms. The molecule has 1 aromatic heterocycles. The van der Waals surface area contributed by atoms with E-state index in [9.17, 15) is 24.3 Å². The van der Waals surface area contributed by atoms with Crippen LogP contribution in [0.2, 0.25) is 0 Å². The summed E-state index contributed by atoms with van der Waals surface area (Å²) >= 11 is 0. The second-order valence-corrected chi connectivity index (χ2v) is 6.20. The fourth-order valence-corrected chi connectivity index (χ4v) is 3.18. The number of para-hydroxylation sites is 1. The largest absolute Gasteiger partial charge is 0.480 e. The van der Waals surface area contributed by atoms with Gasteiger partial charge in [-0.05, 0) is 31.4 Å². The lowest BCUT2D eigenvalue weighted by Gasteiger charge is -2.33. The average Bonchev–Trinajstić information content (AvgIpc) is 2.66. The molecule has 2 amide bonds. The summed E-state index contributed by atoms with van der Waals surface area (Å²) in [6, 6.07) is 5.95. The van der Waals surface area contributed by atoms with Gasteiger partial charge in [0.1, 0.15) is 11.6 Å². The third kappa shape index (κ3) is 3.44. The van der Waals surface area contributed by atoms with Crippen LogP contribution in [0.4, 0.5) is 0 Å². The summed E-state index contributed by atoms with van der Waals surface area (Å²) in [4.78, 5) is 52.4. The standard InChI is InChI=1S/C18H19N3O5/c22-15(21-8-4-3-7-14(21)18(25)26)10-20-17(24)12-9-19-13-6-2-1-5-11(13)16(12)23/h1-2,5-6,9,14H,3-4,7-8,10H2,(H,19,23)(H,20,24)(H,25,26). The Labute approximate surface area is 148 Å². The van der Waals surface area contributed by atoms with Gasteiger partial charge < -0.3 is 20.3 Å². The summed E-state index contributed by atoms with van der Waals surface area (Å²) in [7, 11) is 0. The third-order valence-electron chi connectivity index (χ3n) is 4.54. The van der Waals surface area contributed by atoms with E-state index in [-0.39, 0.29) is 12.1 Å². The van der Waals surface area contributed by atoms with Crippen molar-refractivity contribution in [1.29, 1.82) is 0 Å². The summed E-state index contributed by atoms with van der Waals surface area (Å²) < 4.78 is 0. The second-order valence-electron chi connectivity index (χ2n) is 6.20. The van der Waals surface area contributed by atoms with Crippen LogP contribution in [0.3, 0.4) is 0 Å². The Morgan fingerprint density at radius 3 is 2.77 bits per heavy atom. The molecular formula is C18H19N3O5. The van der Waals surface area contributed by atoms with E-state index in [4.69, 9.17) is 0 Å². The number of aromatic amines is 1. The number of likely N-dealkylation sites (tertiary alicyclic amines) is 1. The molecule has 0 radical (unpaired) electrons. The van der Waals surface area contributed by atoms with Crippen molar-refractivity contribution in [1.82, 2.24) is 15.2 Å². The van der Waals surface area contributed by atoms with Crippen LogP contribution < -0.4 is 10.7 Å². The lowest BCUT2D eigenvalue weighted by atomic mass is 10.0. The number of hydrogen-bond donors (Lipinski definition) is 3. The SMILES string of the molecule is O=C(NCC(=O)N1CCCCC1C(=O)O)c1c[nH]c2ccccc2c1=O. The van der Waals surface area contributed by atoms with Crippen LogP contribution in [0.5, 0.6) is 0 Å². The van der Waals surface area contributed by atoms with Gasteiger partial charge in [0, 0.05) is 23.6 Å². The number of amides is 2. The van der Waals surface area contributed by atoms with Gasteiger partial charge in [0.15, 0.2) is 0 Å². The molecule has 3 rings (SSSR count). The predicted octanol–water partition coefficient (Wildman–Crippen LogP) is 0.724. The van der Waals surface area contributed by atoms with Gasteiger partial charge in [0.05, 0.1) is 6.54 Å². The van der Waals surface area contributed by atoms with Crippen LogP contribution in [-0.2, 0) is 9.59 Å². The molecule has 1 unspecified atom stereocenters.